The van der Waals surface area contributed by atoms with Crippen LogP contribution in [0.4, 0.5) is 15.9 Å². The Balaban J connectivity index is 2.26. The van der Waals surface area contributed by atoms with Gasteiger partial charge in [-0.1, -0.05) is 11.6 Å². The number of halogens is 2. The summed E-state index contributed by atoms with van der Waals surface area (Å²) in [5.74, 6) is -0.636. The average Bonchev–Trinajstić information content (AvgIpc) is 2.94. The van der Waals surface area contributed by atoms with Crippen LogP contribution in [-0.4, -0.2) is 24.0 Å². The van der Waals surface area contributed by atoms with Crippen LogP contribution in [-0.2, 0) is 14.8 Å². The SMILES string of the molecule is Nc1ccc(S(=O)(=O)n2nc(NC=O)c(Cl)c2-c2ccc(F)cc2)cc1. The van der Waals surface area contributed by atoms with E-state index >= 15 is 0 Å². The molecule has 0 saturated heterocycles. The molecule has 7 nitrogen and oxygen atoms in total. The topological polar surface area (TPSA) is 107 Å². The quantitative estimate of drug-likeness (QED) is 0.511. The molecular formula is C16H12ClFN4O3S. The van der Waals surface area contributed by atoms with Crippen LogP contribution in [0.1, 0.15) is 0 Å². The summed E-state index contributed by atoms with van der Waals surface area (Å²) in [5.41, 5.74) is 6.28. The number of anilines is 2. The van der Waals surface area contributed by atoms with Crippen molar-refractivity contribution in [1.29, 1.82) is 0 Å². The number of nitrogen functional groups attached to an aromatic ring is 1. The lowest BCUT2D eigenvalue weighted by molar-refractivity contribution is -0.105. The van der Waals surface area contributed by atoms with E-state index in [0.717, 1.165) is 12.1 Å². The number of carbonyl (C=O) groups excluding carboxylic acids is 1. The minimum Gasteiger partial charge on any atom is -0.399 e. The third-order valence-corrected chi connectivity index (χ3v) is 5.46. The summed E-state index contributed by atoms with van der Waals surface area (Å²) < 4.78 is 39.9. The van der Waals surface area contributed by atoms with Gasteiger partial charge in [0.05, 0.1) is 4.90 Å². The second-order valence-electron chi connectivity index (χ2n) is 5.20. The van der Waals surface area contributed by atoms with Crippen LogP contribution in [0.25, 0.3) is 11.3 Å². The number of carbonyl (C=O) groups is 1. The standard InChI is InChI=1S/C16H12ClFN4O3S/c17-14-15(10-1-3-11(18)4-2-10)22(21-16(14)20-9-23)26(24,25)13-7-5-12(19)6-8-13/h1-9H,19H2,(H,20,21,23). The molecule has 0 unspecified atom stereocenters. The van der Waals surface area contributed by atoms with E-state index in [0.29, 0.717) is 21.7 Å². The van der Waals surface area contributed by atoms with E-state index < -0.39 is 15.8 Å². The lowest BCUT2D eigenvalue weighted by atomic mass is 10.1. The van der Waals surface area contributed by atoms with Crippen molar-refractivity contribution < 1.29 is 17.6 Å². The molecule has 0 atom stereocenters. The van der Waals surface area contributed by atoms with Crippen molar-refractivity contribution >= 4 is 39.5 Å². The van der Waals surface area contributed by atoms with Crippen molar-refractivity contribution in [1.82, 2.24) is 9.19 Å². The summed E-state index contributed by atoms with van der Waals surface area (Å²) in [6, 6.07) is 10.5. The third kappa shape index (κ3) is 3.14. The predicted octanol–water partition coefficient (Wildman–Crippen LogP) is 2.73. The summed E-state index contributed by atoms with van der Waals surface area (Å²) in [4.78, 5) is 10.7. The Morgan fingerprint density at radius 2 is 1.73 bits per heavy atom. The molecule has 3 N–H and O–H groups in total. The first-order chi connectivity index (χ1) is 12.3. The van der Waals surface area contributed by atoms with Crippen molar-refractivity contribution in [2.24, 2.45) is 0 Å². The highest BCUT2D eigenvalue weighted by atomic mass is 35.5. The van der Waals surface area contributed by atoms with Crippen LogP contribution in [0.5, 0.6) is 0 Å². The van der Waals surface area contributed by atoms with Gasteiger partial charge in [-0.3, -0.25) is 4.79 Å². The van der Waals surface area contributed by atoms with E-state index in [4.69, 9.17) is 17.3 Å². The van der Waals surface area contributed by atoms with Crippen LogP contribution in [0.15, 0.2) is 53.4 Å². The summed E-state index contributed by atoms with van der Waals surface area (Å²) >= 11 is 6.22. The van der Waals surface area contributed by atoms with Crippen molar-refractivity contribution in [2.45, 2.75) is 4.90 Å². The van der Waals surface area contributed by atoms with Crippen LogP contribution in [0, 0.1) is 5.82 Å². The van der Waals surface area contributed by atoms with Gasteiger partial charge in [-0.25, -0.2) is 4.39 Å². The molecular weight excluding hydrogens is 383 g/mol. The number of aromatic nitrogens is 2. The number of rotatable bonds is 5. The number of amides is 1. The van der Waals surface area contributed by atoms with Crippen LogP contribution in [0.3, 0.4) is 0 Å². The van der Waals surface area contributed by atoms with E-state index in [1.165, 1.54) is 36.4 Å². The number of benzene rings is 2. The van der Waals surface area contributed by atoms with Gasteiger partial charge in [-0.2, -0.15) is 8.42 Å². The smallest absolute Gasteiger partial charge is 0.283 e. The molecule has 10 heteroatoms. The molecule has 0 bridgehead atoms. The molecule has 26 heavy (non-hydrogen) atoms. The molecule has 0 saturated carbocycles. The maximum atomic E-state index is 13.2. The van der Waals surface area contributed by atoms with Gasteiger partial charge in [0.2, 0.25) is 6.41 Å². The van der Waals surface area contributed by atoms with Gasteiger partial charge in [0.25, 0.3) is 10.0 Å². The number of nitrogens with zero attached hydrogens (tertiary/aromatic N) is 2. The van der Waals surface area contributed by atoms with Gasteiger partial charge >= 0.3 is 0 Å². The van der Waals surface area contributed by atoms with Crippen LogP contribution >= 0.6 is 11.6 Å². The molecule has 0 radical (unpaired) electrons. The predicted molar refractivity (Wildman–Crippen MR) is 95.8 cm³/mol. The Kier molecular flexibility index (Phi) is 4.66. The fourth-order valence-electron chi connectivity index (χ4n) is 2.29. The zero-order valence-corrected chi connectivity index (χ0v) is 14.6. The summed E-state index contributed by atoms with van der Waals surface area (Å²) in [6.07, 6.45) is 0.322. The maximum absolute atomic E-state index is 13.2. The van der Waals surface area contributed by atoms with Gasteiger partial charge in [0.1, 0.15) is 16.5 Å². The molecule has 1 amide bonds. The van der Waals surface area contributed by atoms with E-state index in [-0.39, 0.29) is 21.4 Å². The third-order valence-electron chi connectivity index (χ3n) is 3.52. The van der Waals surface area contributed by atoms with E-state index in [1.807, 2.05) is 0 Å². The molecule has 3 rings (SSSR count). The Hall–Kier alpha value is -2.91. The summed E-state index contributed by atoms with van der Waals surface area (Å²) in [5, 5.41) is 6.05. The molecule has 1 aromatic heterocycles. The lowest BCUT2D eigenvalue weighted by Crippen LogP contribution is -2.16. The number of nitrogens with one attached hydrogen (secondary N) is 1. The number of hydrogen-bond acceptors (Lipinski definition) is 5. The summed E-state index contributed by atoms with van der Waals surface area (Å²) in [6.45, 7) is 0. The van der Waals surface area contributed by atoms with Gasteiger partial charge in [0.15, 0.2) is 5.82 Å². The van der Waals surface area contributed by atoms with Crippen molar-refractivity contribution in [2.75, 3.05) is 11.1 Å². The van der Waals surface area contributed by atoms with Crippen molar-refractivity contribution in [3.63, 3.8) is 0 Å². The molecule has 3 aromatic rings. The highest BCUT2D eigenvalue weighted by molar-refractivity contribution is 7.90. The van der Waals surface area contributed by atoms with E-state index in [1.54, 1.807) is 0 Å². The maximum Gasteiger partial charge on any atom is 0.283 e. The molecule has 2 aromatic carbocycles. The van der Waals surface area contributed by atoms with E-state index in [9.17, 15) is 17.6 Å². The molecule has 1 heterocycles. The minimum absolute atomic E-state index is 0.00663. The highest BCUT2D eigenvalue weighted by Crippen LogP contribution is 2.36. The van der Waals surface area contributed by atoms with Crippen LogP contribution < -0.4 is 11.1 Å². The first-order valence-electron chi connectivity index (χ1n) is 7.20. The van der Waals surface area contributed by atoms with Gasteiger partial charge < -0.3 is 11.1 Å². The second kappa shape index (κ2) is 6.77. The lowest BCUT2D eigenvalue weighted by Gasteiger charge is -2.09. The van der Waals surface area contributed by atoms with Gasteiger partial charge in [-0.05, 0) is 48.5 Å². The van der Waals surface area contributed by atoms with Gasteiger partial charge in [0, 0.05) is 11.3 Å². The Morgan fingerprint density at radius 1 is 1.12 bits per heavy atom. The highest BCUT2D eigenvalue weighted by Gasteiger charge is 2.27. The molecule has 0 aliphatic heterocycles. The Morgan fingerprint density at radius 3 is 2.31 bits per heavy atom. The first-order valence-corrected chi connectivity index (χ1v) is 9.02. The monoisotopic (exact) mass is 394 g/mol. The zero-order chi connectivity index (χ0) is 18.9. The van der Waals surface area contributed by atoms with Gasteiger partial charge in [-0.15, -0.1) is 9.19 Å². The molecule has 0 aliphatic rings. The Bertz CT molecular complexity index is 1060. The number of nitrogens with two attached hydrogens (primary N) is 1. The second-order valence-corrected chi connectivity index (χ2v) is 7.34. The number of hydrogen-bond donors (Lipinski definition) is 2. The first kappa shape index (κ1) is 17.9. The van der Waals surface area contributed by atoms with Crippen molar-refractivity contribution in [3.05, 3.63) is 59.4 Å². The summed E-state index contributed by atoms with van der Waals surface area (Å²) in [7, 11) is -4.15. The molecule has 134 valence electrons. The normalized spacial score (nSPS) is 11.3. The zero-order valence-electron chi connectivity index (χ0n) is 13.1. The molecule has 0 spiro atoms. The van der Waals surface area contributed by atoms with E-state index in [2.05, 4.69) is 10.4 Å². The fraction of sp³-hybridized carbons (Fsp3) is 0. The molecule has 0 aliphatic carbocycles. The minimum atomic E-state index is -4.15. The fourth-order valence-corrected chi connectivity index (χ4v) is 3.92. The van der Waals surface area contributed by atoms with Crippen LogP contribution in [0.2, 0.25) is 5.02 Å². The van der Waals surface area contributed by atoms with Crippen molar-refractivity contribution in [3.8, 4) is 11.3 Å². The largest absolute Gasteiger partial charge is 0.399 e. The Labute approximate surface area is 153 Å². The average molecular weight is 395 g/mol. The molecule has 0 fully saturated rings.